The van der Waals surface area contributed by atoms with Gasteiger partial charge >= 0.3 is 5.97 Å². The SMILES string of the molecule is O=C(O)CC(CSCc1ccccc1)CSCc1ccccc1. The minimum absolute atomic E-state index is 0.218. The number of benzene rings is 2. The summed E-state index contributed by atoms with van der Waals surface area (Å²) in [5.74, 6) is 3.19. The van der Waals surface area contributed by atoms with Gasteiger partial charge < -0.3 is 5.11 Å². The number of hydrogen-bond donors (Lipinski definition) is 1. The Morgan fingerprint density at radius 3 is 1.65 bits per heavy atom. The van der Waals surface area contributed by atoms with Crippen molar-refractivity contribution in [1.82, 2.24) is 0 Å². The van der Waals surface area contributed by atoms with Crippen LogP contribution in [0.1, 0.15) is 17.5 Å². The molecule has 0 unspecified atom stereocenters. The molecule has 1 N–H and O–H groups in total. The molecule has 0 bridgehead atoms. The van der Waals surface area contributed by atoms with Crippen LogP contribution >= 0.6 is 23.5 Å². The fourth-order valence-corrected chi connectivity index (χ4v) is 4.63. The first-order valence-corrected chi connectivity index (χ1v) is 10.00. The van der Waals surface area contributed by atoms with Crippen molar-refractivity contribution in [2.24, 2.45) is 5.92 Å². The molecule has 0 aliphatic heterocycles. The van der Waals surface area contributed by atoms with Crippen molar-refractivity contribution in [2.75, 3.05) is 11.5 Å². The molecule has 4 heteroatoms. The van der Waals surface area contributed by atoms with E-state index in [0.29, 0.717) is 0 Å². The Labute approximate surface area is 146 Å². The fraction of sp³-hybridized carbons (Fsp3) is 0.316. The van der Waals surface area contributed by atoms with E-state index in [-0.39, 0.29) is 12.3 Å². The molecule has 2 aromatic rings. The minimum atomic E-state index is -0.698. The highest BCUT2D eigenvalue weighted by Gasteiger charge is 2.13. The molecule has 2 aromatic carbocycles. The van der Waals surface area contributed by atoms with Gasteiger partial charge in [-0.1, -0.05) is 60.7 Å². The van der Waals surface area contributed by atoms with Gasteiger partial charge in [-0.3, -0.25) is 4.79 Å². The first-order valence-electron chi connectivity index (χ1n) is 7.69. The molecule has 23 heavy (non-hydrogen) atoms. The molecule has 0 radical (unpaired) electrons. The average Bonchev–Trinajstić information content (AvgIpc) is 2.56. The van der Waals surface area contributed by atoms with Crippen molar-refractivity contribution in [2.45, 2.75) is 17.9 Å². The Hall–Kier alpha value is -1.39. The molecule has 0 aliphatic carbocycles. The average molecular weight is 347 g/mol. The summed E-state index contributed by atoms with van der Waals surface area (Å²) in [6.45, 7) is 0. The van der Waals surface area contributed by atoms with Crippen LogP contribution in [0.4, 0.5) is 0 Å². The third kappa shape index (κ3) is 7.62. The van der Waals surface area contributed by atoms with Crippen LogP contribution in [0.2, 0.25) is 0 Å². The maximum Gasteiger partial charge on any atom is 0.303 e. The predicted molar refractivity (Wildman–Crippen MR) is 101 cm³/mol. The van der Waals surface area contributed by atoms with Crippen LogP contribution in [-0.2, 0) is 16.3 Å². The van der Waals surface area contributed by atoms with Crippen LogP contribution in [0.15, 0.2) is 60.7 Å². The molecule has 0 fully saturated rings. The Bertz CT molecular complexity index is 527. The van der Waals surface area contributed by atoms with E-state index in [1.165, 1.54) is 11.1 Å². The lowest BCUT2D eigenvalue weighted by Gasteiger charge is -2.14. The molecule has 0 saturated heterocycles. The van der Waals surface area contributed by atoms with Gasteiger partial charge in [0.25, 0.3) is 0 Å². The van der Waals surface area contributed by atoms with Gasteiger partial charge in [-0.15, -0.1) is 0 Å². The molecular weight excluding hydrogens is 324 g/mol. The smallest absolute Gasteiger partial charge is 0.303 e. The van der Waals surface area contributed by atoms with Gasteiger partial charge in [-0.25, -0.2) is 0 Å². The predicted octanol–water partition coefficient (Wildman–Crippen LogP) is 4.94. The Balaban J connectivity index is 1.74. The molecule has 0 aromatic heterocycles. The van der Waals surface area contributed by atoms with Gasteiger partial charge in [0.15, 0.2) is 0 Å². The summed E-state index contributed by atoms with van der Waals surface area (Å²) in [7, 11) is 0. The Morgan fingerprint density at radius 1 is 0.826 bits per heavy atom. The van der Waals surface area contributed by atoms with Crippen LogP contribution in [0, 0.1) is 5.92 Å². The molecule has 0 spiro atoms. The summed E-state index contributed by atoms with van der Waals surface area (Å²) in [5.41, 5.74) is 2.59. The largest absolute Gasteiger partial charge is 0.481 e. The van der Waals surface area contributed by atoms with Gasteiger partial charge in [0.2, 0.25) is 0 Å². The molecule has 0 amide bonds. The van der Waals surface area contributed by atoms with Gasteiger partial charge in [0.05, 0.1) is 0 Å². The summed E-state index contributed by atoms with van der Waals surface area (Å²) in [6.07, 6.45) is 0.254. The normalized spacial score (nSPS) is 10.8. The summed E-state index contributed by atoms with van der Waals surface area (Å²) < 4.78 is 0. The minimum Gasteiger partial charge on any atom is -0.481 e. The quantitative estimate of drug-likeness (QED) is 0.661. The first-order chi connectivity index (χ1) is 11.2. The lowest BCUT2D eigenvalue weighted by molar-refractivity contribution is -0.137. The highest BCUT2D eigenvalue weighted by molar-refractivity contribution is 7.99. The highest BCUT2D eigenvalue weighted by Crippen LogP contribution is 2.23. The maximum atomic E-state index is 11.1. The fourth-order valence-electron chi connectivity index (χ4n) is 2.25. The molecule has 2 rings (SSSR count). The third-order valence-corrected chi connectivity index (χ3v) is 5.88. The summed E-state index contributed by atoms with van der Waals surface area (Å²) >= 11 is 3.65. The lowest BCUT2D eigenvalue weighted by Crippen LogP contribution is -2.13. The van der Waals surface area contributed by atoms with Crippen LogP contribution in [-0.4, -0.2) is 22.6 Å². The summed E-state index contributed by atoms with van der Waals surface area (Å²) in [5, 5.41) is 9.10. The number of carbonyl (C=O) groups is 1. The second-order valence-corrected chi connectivity index (χ2v) is 7.53. The van der Waals surface area contributed by atoms with E-state index < -0.39 is 5.97 Å². The standard InChI is InChI=1S/C19H22O2S2/c20-19(21)11-18(14-22-12-16-7-3-1-4-8-16)15-23-13-17-9-5-2-6-10-17/h1-10,18H,11-15H2,(H,20,21). The van der Waals surface area contributed by atoms with Gasteiger partial charge in [0.1, 0.15) is 0 Å². The highest BCUT2D eigenvalue weighted by atomic mass is 32.2. The monoisotopic (exact) mass is 346 g/mol. The van der Waals surface area contributed by atoms with E-state index >= 15 is 0 Å². The topological polar surface area (TPSA) is 37.3 Å². The first kappa shape index (κ1) is 18.0. The summed E-state index contributed by atoms with van der Waals surface area (Å²) in [6, 6.07) is 20.7. The second kappa shape index (κ2) is 10.4. The second-order valence-electron chi connectivity index (χ2n) is 5.47. The zero-order valence-electron chi connectivity index (χ0n) is 13.1. The van der Waals surface area contributed by atoms with E-state index in [9.17, 15) is 4.79 Å². The maximum absolute atomic E-state index is 11.1. The van der Waals surface area contributed by atoms with Gasteiger partial charge in [-0.05, 0) is 28.6 Å². The number of thioether (sulfide) groups is 2. The number of rotatable bonds is 10. The van der Waals surface area contributed by atoms with Crippen molar-refractivity contribution in [3.63, 3.8) is 0 Å². The van der Waals surface area contributed by atoms with Crippen molar-refractivity contribution < 1.29 is 9.90 Å². The van der Waals surface area contributed by atoms with Crippen LogP contribution in [0.25, 0.3) is 0 Å². The van der Waals surface area contributed by atoms with Gasteiger partial charge in [-0.2, -0.15) is 23.5 Å². The van der Waals surface area contributed by atoms with Crippen LogP contribution < -0.4 is 0 Å². The molecular formula is C19H22O2S2. The number of hydrogen-bond acceptors (Lipinski definition) is 3. The molecule has 0 atom stereocenters. The van der Waals surface area contributed by atoms with E-state index in [4.69, 9.17) is 5.11 Å². The Morgan fingerprint density at radius 2 is 1.26 bits per heavy atom. The third-order valence-electron chi connectivity index (χ3n) is 3.39. The Kier molecular flexibility index (Phi) is 8.12. The van der Waals surface area contributed by atoms with Crippen LogP contribution in [0.5, 0.6) is 0 Å². The molecule has 0 heterocycles. The number of aliphatic carboxylic acids is 1. The molecule has 0 aliphatic rings. The van der Waals surface area contributed by atoms with Crippen molar-refractivity contribution in [3.8, 4) is 0 Å². The zero-order valence-corrected chi connectivity index (χ0v) is 14.7. The molecule has 2 nitrogen and oxygen atoms in total. The van der Waals surface area contributed by atoms with Gasteiger partial charge in [0, 0.05) is 17.9 Å². The number of carboxylic acid groups (broad SMARTS) is 1. The van der Waals surface area contributed by atoms with Crippen molar-refractivity contribution in [3.05, 3.63) is 71.8 Å². The van der Waals surface area contributed by atoms with Crippen LogP contribution in [0.3, 0.4) is 0 Å². The zero-order chi connectivity index (χ0) is 16.3. The molecule has 122 valence electrons. The molecule has 0 saturated carbocycles. The van der Waals surface area contributed by atoms with E-state index in [2.05, 4.69) is 24.3 Å². The van der Waals surface area contributed by atoms with E-state index in [0.717, 1.165) is 23.0 Å². The van der Waals surface area contributed by atoms with E-state index in [1.807, 2.05) is 59.9 Å². The van der Waals surface area contributed by atoms with Crippen molar-refractivity contribution >= 4 is 29.5 Å². The van der Waals surface area contributed by atoms with Crippen molar-refractivity contribution in [1.29, 1.82) is 0 Å². The van der Waals surface area contributed by atoms with E-state index in [1.54, 1.807) is 0 Å². The summed E-state index contributed by atoms with van der Waals surface area (Å²) in [4.78, 5) is 11.1. The number of carboxylic acids is 1. The lowest BCUT2D eigenvalue weighted by atomic mass is 10.1.